The van der Waals surface area contributed by atoms with Gasteiger partial charge in [-0.15, -0.1) is 0 Å². The molecule has 22 heavy (non-hydrogen) atoms. The van der Waals surface area contributed by atoms with Crippen molar-refractivity contribution < 1.29 is 35.8 Å². The monoisotopic (exact) mass is 331 g/mol. The van der Waals surface area contributed by atoms with Crippen molar-refractivity contribution in [3.63, 3.8) is 0 Å². The van der Waals surface area contributed by atoms with E-state index in [1.54, 1.807) is 0 Å². The highest BCUT2D eigenvalue weighted by Gasteiger charge is 2.30. The molecule has 0 saturated carbocycles. The van der Waals surface area contributed by atoms with Crippen LogP contribution in [-0.2, 0) is 0 Å². The number of anilines is 1. The van der Waals surface area contributed by atoms with Crippen LogP contribution in [0.1, 0.15) is 6.92 Å². The summed E-state index contributed by atoms with van der Waals surface area (Å²) in [7, 11) is 0. The first-order valence-electron chi connectivity index (χ1n) is 5.65. The summed E-state index contributed by atoms with van der Waals surface area (Å²) in [5, 5.41) is 2.44. The molecule has 0 radical (unpaired) electrons. The number of alkyl halides is 6. The van der Waals surface area contributed by atoms with Crippen LogP contribution < -0.4 is 14.8 Å². The second-order valence-corrected chi connectivity index (χ2v) is 4.08. The molecule has 0 aliphatic heterocycles. The number of hydrogen-bond donors (Lipinski definition) is 1. The standard InChI is InChI=1S/C11H11F6N3O2/c1-6(2)18-9-19-7(21-4-10(12,13)14)3-8(20-9)22-5-11(15,16)17/h3H,1,4-5H2,2H3,(H,18,19,20). The first-order valence-corrected chi connectivity index (χ1v) is 5.65. The van der Waals surface area contributed by atoms with Gasteiger partial charge in [0.15, 0.2) is 13.2 Å². The van der Waals surface area contributed by atoms with Crippen LogP contribution in [0.3, 0.4) is 0 Å². The zero-order valence-electron chi connectivity index (χ0n) is 11.2. The molecule has 0 bridgehead atoms. The van der Waals surface area contributed by atoms with E-state index in [4.69, 9.17) is 0 Å². The number of ether oxygens (including phenoxy) is 2. The van der Waals surface area contributed by atoms with Gasteiger partial charge in [-0.2, -0.15) is 36.3 Å². The molecule has 0 atom stereocenters. The van der Waals surface area contributed by atoms with Crippen molar-refractivity contribution in [1.82, 2.24) is 9.97 Å². The molecule has 0 aliphatic carbocycles. The highest BCUT2D eigenvalue weighted by molar-refractivity contribution is 5.37. The number of halogens is 6. The van der Waals surface area contributed by atoms with Gasteiger partial charge in [0.25, 0.3) is 0 Å². The summed E-state index contributed by atoms with van der Waals surface area (Å²) in [4.78, 5) is 7.11. The Morgan fingerprint density at radius 2 is 1.45 bits per heavy atom. The number of nitrogens with zero attached hydrogens (tertiary/aromatic N) is 2. The molecule has 0 aliphatic rings. The van der Waals surface area contributed by atoms with Crippen molar-refractivity contribution in [2.45, 2.75) is 19.3 Å². The van der Waals surface area contributed by atoms with Crippen molar-refractivity contribution in [3.8, 4) is 11.8 Å². The largest absolute Gasteiger partial charge is 0.468 e. The van der Waals surface area contributed by atoms with E-state index in [0.717, 1.165) is 6.07 Å². The molecular formula is C11H11F6N3O2. The molecule has 0 saturated heterocycles. The minimum atomic E-state index is -4.63. The molecule has 1 heterocycles. The summed E-state index contributed by atoms with van der Waals surface area (Å²) in [6.45, 7) is 1.62. The maximum absolute atomic E-state index is 12.1. The van der Waals surface area contributed by atoms with Gasteiger partial charge in [0.05, 0.1) is 6.07 Å². The van der Waals surface area contributed by atoms with Gasteiger partial charge in [0.1, 0.15) is 0 Å². The third-order valence-electron chi connectivity index (χ3n) is 1.77. The lowest BCUT2D eigenvalue weighted by molar-refractivity contribution is -0.154. The third kappa shape index (κ3) is 7.55. The first kappa shape index (κ1) is 17.9. The molecule has 1 rings (SSSR count). The number of hydrogen-bond acceptors (Lipinski definition) is 5. The predicted molar refractivity (Wildman–Crippen MR) is 63.6 cm³/mol. The van der Waals surface area contributed by atoms with E-state index in [1.165, 1.54) is 6.92 Å². The van der Waals surface area contributed by atoms with Crippen LogP contribution in [0.25, 0.3) is 0 Å². The normalized spacial score (nSPS) is 12.0. The molecule has 0 fully saturated rings. The number of nitrogens with one attached hydrogen (secondary N) is 1. The smallest absolute Gasteiger partial charge is 0.422 e. The summed E-state index contributed by atoms with van der Waals surface area (Å²) in [5.41, 5.74) is 0.315. The van der Waals surface area contributed by atoms with Crippen LogP contribution in [0, 0.1) is 0 Å². The van der Waals surface area contributed by atoms with Gasteiger partial charge in [-0.3, -0.25) is 0 Å². The van der Waals surface area contributed by atoms with Gasteiger partial charge in [-0.1, -0.05) is 6.58 Å². The SMILES string of the molecule is C=C(C)Nc1nc(OCC(F)(F)F)cc(OCC(F)(F)F)n1. The third-order valence-corrected chi connectivity index (χ3v) is 1.77. The summed E-state index contributed by atoms with van der Waals surface area (Å²) < 4.78 is 81.2. The fourth-order valence-electron chi connectivity index (χ4n) is 1.11. The minimum absolute atomic E-state index is 0.302. The Bertz CT molecular complexity index is 493. The van der Waals surface area contributed by atoms with Gasteiger partial charge in [-0.25, -0.2) is 0 Å². The van der Waals surface area contributed by atoms with Crippen molar-refractivity contribution in [1.29, 1.82) is 0 Å². The zero-order valence-corrected chi connectivity index (χ0v) is 11.2. The van der Waals surface area contributed by atoms with E-state index in [0.29, 0.717) is 5.70 Å². The summed E-state index contributed by atoms with van der Waals surface area (Å²) in [6.07, 6.45) is -9.25. The van der Waals surface area contributed by atoms with Crippen LogP contribution in [-0.4, -0.2) is 35.5 Å². The Kier molecular flexibility index (Phi) is 5.44. The fourth-order valence-corrected chi connectivity index (χ4v) is 1.11. The van der Waals surface area contributed by atoms with Gasteiger partial charge >= 0.3 is 12.4 Å². The van der Waals surface area contributed by atoms with E-state index in [2.05, 4.69) is 31.3 Å². The average molecular weight is 331 g/mol. The van der Waals surface area contributed by atoms with E-state index in [-0.39, 0.29) is 5.95 Å². The Balaban J connectivity index is 2.92. The molecule has 1 aromatic rings. The molecule has 0 amide bonds. The van der Waals surface area contributed by atoms with Crippen LogP contribution in [0.4, 0.5) is 32.3 Å². The second kappa shape index (κ2) is 6.71. The molecule has 0 aromatic carbocycles. The Morgan fingerprint density at radius 1 is 1.05 bits per heavy atom. The summed E-state index contributed by atoms with van der Waals surface area (Å²) in [6, 6.07) is 0.723. The molecular weight excluding hydrogens is 320 g/mol. The van der Waals surface area contributed by atoms with E-state index >= 15 is 0 Å². The summed E-state index contributed by atoms with van der Waals surface area (Å²) >= 11 is 0. The van der Waals surface area contributed by atoms with Crippen molar-refractivity contribution in [3.05, 3.63) is 18.3 Å². The average Bonchev–Trinajstić information content (AvgIpc) is 2.31. The molecule has 124 valence electrons. The van der Waals surface area contributed by atoms with Crippen molar-refractivity contribution in [2.24, 2.45) is 0 Å². The fraction of sp³-hybridized carbons (Fsp3) is 0.455. The second-order valence-electron chi connectivity index (χ2n) is 4.08. The number of aromatic nitrogens is 2. The molecule has 0 spiro atoms. The van der Waals surface area contributed by atoms with Crippen molar-refractivity contribution in [2.75, 3.05) is 18.5 Å². The maximum Gasteiger partial charge on any atom is 0.422 e. The predicted octanol–water partition coefficient (Wildman–Crippen LogP) is 3.30. The Hall–Kier alpha value is -2.20. The quantitative estimate of drug-likeness (QED) is 0.811. The molecule has 0 unspecified atom stereocenters. The molecule has 5 nitrogen and oxygen atoms in total. The lowest BCUT2D eigenvalue weighted by atomic mass is 10.5. The number of rotatable bonds is 6. The van der Waals surface area contributed by atoms with Gasteiger partial charge in [-0.05, 0) is 6.92 Å². The molecule has 1 aromatic heterocycles. The lowest BCUT2D eigenvalue weighted by Gasteiger charge is -2.13. The first-order chi connectivity index (χ1) is 9.94. The van der Waals surface area contributed by atoms with Gasteiger partial charge < -0.3 is 14.8 Å². The van der Waals surface area contributed by atoms with E-state index < -0.39 is 37.3 Å². The lowest BCUT2D eigenvalue weighted by Crippen LogP contribution is -2.21. The van der Waals surface area contributed by atoms with Gasteiger partial charge in [0, 0.05) is 5.70 Å². The Morgan fingerprint density at radius 3 is 1.77 bits per heavy atom. The minimum Gasteiger partial charge on any atom is -0.468 e. The van der Waals surface area contributed by atoms with Crippen LogP contribution in [0.2, 0.25) is 0 Å². The highest BCUT2D eigenvalue weighted by Crippen LogP contribution is 2.23. The van der Waals surface area contributed by atoms with E-state index in [9.17, 15) is 26.3 Å². The maximum atomic E-state index is 12.1. The number of allylic oxidation sites excluding steroid dienone is 1. The van der Waals surface area contributed by atoms with Crippen molar-refractivity contribution >= 4 is 5.95 Å². The summed E-state index contributed by atoms with van der Waals surface area (Å²) in [5.74, 6) is -1.48. The van der Waals surface area contributed by atoms with Crippen LogP contribution >= 0.6 is 0 Å². The van der Waals surface area contributed by atoms with Gasteiger partial charge in [0.2, 0.25) is 17.7 Å². The molecule has 1 N–H and O–H groups in total. The zero-order chi connectivity index (χ0) is 17.0. The van der Waals surface area contributed by atoms with Crippen LogP contribution in [0.5, 0.6) is 11.8 Å². The topological polar surface area (TPSA) is 56.3 Å². The molecule has 11 heteroatoms. The highest BCUT2D eigenvalue weighted by atomic mass is 19.4. The van der Waals surface area contributed by atoms with Crippen LogP contribution in [0.15, 0.2) is 18.3 Å². The Labute approximate surface area is 121 Å². The van der Waals surface area contributed by atoms with E-state index in [1.807, 2.05) is 0 Å².